The van der Waals surface area contributed by atoms with Gasteiger partial charge in [0.05, 0.1) is 32.1 Å². The van der Waals surface area contributed by atoms with E-state index in [9.17, 15) is 57.1 Å². The summed E-state index contributed by atoms with van der Waals surface area (Å²) in [7, 11) is 0. The number of hydrogen-bond acceptors (Lipinski definition) is 9. The Balaban J connectivity index is 2.14. The molecule has 2 unspecified atom stereocenters. The summed E-state index contributed by atoms with van der Waals surface area (Å²) in [6.45, 7) is 3.02. The van der Waals surface area contributed by atoms with E-state index < -0.39 is 101 Å². The molecule has 0 aromatic heterocycles. The smallest absolute Gasteiger partial charge is 0.416 e. The van der Waals surface area contributed by atoms with Gasteiger partial charge in [-0.15, -0.1) is 0 Å². The van der Waals surface area contributed by atoms with Gasteiger partial charge in [0.15, 0.2) is 12.2 Å². The molecule has 0 aliphatic heterocycles. The Hall–Kier alpha value is -5.78. The van der Waals surface area contributed by atoms with Crippen LogP contribution in [0.15, 0.2) is 60.7 Å². The fraction of sp³-hybridized carbons (Fsp3) is 0.235. The molecule has 0 saturated carbocycles. The van der Waals surface area contributed by atoms with Gasteiger partial charge in [-0.1, -0.05) is 49.2 Å². The zero-order chi connectivity index (χ0) is 39.4. The molecule has 0 aliphatic carbocycles. The number of ether oxygens (including phenoxy) is 3. The predicted octanol–water partition coefficient (Wildman–Crippen LogP) is 11.3. The summed E-state index contributed by atoms with van der Waals surface area (Å²) in [6.07, 6.45) is -12.4. The standard InChI is InChI=1S/C34H22Cl2F6N4O7/c1-3-19(15-43)51-31-25(45(47)48)9-11-27(29(31)21-7-5-17(13-23(21)35)33(37,38)39)53-28-12-10-26(46(49)50)32(52-20(4-2)16-44)30(28)22-8-6-18(14-24(22)36)34(40,41)42/h5-14,19-20H,3-4H2,1-2H3. The maximum absolute atomic E-state index is 13.6. The Bertz CT molecular complexity index is 2020. The van der Waals surface area contributed by atoms with E-state index in [1.165, 1.54) is 13.8 Å². The number of nitro benzene ring substituents is 2. The normalized spacial score (nSPS) is 12.6. The number of nitriles is 2. The molecule has 0 bridgehead atoms. The largest absolute Gasteiger partial charge is 0.468 e. The molecular weight excluding hydrogens is 761 g/mol. The molecule has 0 spiro atoms. The zero-order valence-electron chi connectivity index (χ0n) is 27.0. The lowest BCUT2D eigenvalue weighted by atomic mass is 9.99. The van der Waals surface area contributed by atoms with E-state index in [1.54, 1.807) is 12.1 Å². The van der Waals surface area contributed by atoms with Crippen LogP contribution >= 0.6 is 23.2 Å². The molecule has 19 heteroatoms. The molecule has 2 atom stereocenters. The SMILES string of the molecule is CCC(C#N)Oc1c([N+](=O)[O-])ccc(Oc2ccc([N+](=O)[O-])c(OC(C#N)CC)c2-c2ccc(C(F)(F)F)cc2Cl)c1-c1ccc(C(F)(F)F)cc1Cl. The van der Waals surface area contributed by atoms with E-state index >= 15 is 0 Å². The maximum Gasteiger partial charge on any atom is 0.416 e. The van der Waals surface area contributed by atoms with Crippen molar-refractivity contribution in [1.82, 2.24) is 0 Å². The van der Waals surface area contributed by atoms with E-state index in [4.69, 9.17) is 37.4 Å². The van der Waals surface area contributed by atoms with Gasteiger partial charge in [0.2, 0.25) is 11.5 Å². The topological polar surface area (TPSA) is 162 Å². The van der Waals surface area contributed by atoms with Crippen molar-refractivity contribution >= 4 is 34.6 Å². The van der Waals surface area contributed by atoms with Gasteiger partial charge >= 0.3 is 23.7 Å². The van der Waals surface area contributed by atoms with Gasteiger partial charge < -0.3 is 14.2 Å². The Morgan fingerprint density at radius 2 is 1.04 bits per heavy atom. The van der Waals surface area contributed by atoms with Crippen molar-refractivity contribution in [2.75, 3.05) is 0 Å². The average molecular weight is 783 g/mol. The number of benzene rings is 4. The summed E-state index contributed by atoms with van der Waals surface area (Å²) in [5.41, 5.74) is -5.44. The Labute approximate surface area is 305 Å². The predicted molar refractivity (Wildman–Crippen MR) is 178 cm³/mol. The van der Waals surface area contributed by atoms with E-state index in [2.05, 4.69) is 0 Å². The molecule has 0 fully saturated rings. The molecule has 53 heavy (non-hydrogen) atoms. The lowest BCUT2D eigenvalue weighted by Gasteiger charge is -2.22. The number of rotatable bonds is 12. The molecule has 4 rings (SSSR count). The van der Waals surface area contributed by atoms with Gasteiger partial charge in [-0.2, -0.15) is 36.9 Å². The minimum atomic E-state index is -4.86. The zero-order valence-corrected chi connectivity index (χ0v) is 28.5. The van der Waals surface area contributed by atoms with Crippen molar-refractivity contribution in [3.05, 3.63) is 102 Å². The molecule has 0 N–H and O–H groups in total. The van der Waals surface area contributed by atoms with Gasteiger partial charge in [-0.3, -0.25) is 20.2 Å². The van der Waals surface area contributed by atoms with Crippen LogP contribution in [0.4, 0.5) is 37.7 Å². The van der Waals surface area contributed by atoms with Crippen LogP contribution in [0.2, 0.25) is 10.0 Å². The summed E-state index contributed by atoms with van der Waals surface area (Å²) in [6, 6.07) is 11.4. The minimum Gasteiger partial charge on any atom is -0.468 e. The molecule has 0 amide bonds. The van der Waals surface area contributed by atoms with Gasteiger partial charge in [0.25, 0.3) is 0 Å². The highest BCUT2D eigenvalue weighted by Crippen LogP contribution is 2.53. The Morgan fingerprint density at radius 1 is 0.679 bits per heavy atom. The molecule has 276 valence electrons. The summed E-state index contributed by atoms with van der Waals surface area (Å²) in [4.78, 5) is 22.6. The third-order valence-corrected chi connectivity index (χ3v) is 8.12. The lowest BCUT2D eigenvalue weighted by Crippen LogP contribution is -2.15. The quantitative estimate of drug-likeness (QED) is 0.0773. The van der Waals surface area contributed by atoms with Crippen LogP contribution in [0.5, 0.6) is 23.0 Å². The molecule has 11 nitrogen and oxygen atoms in total. The number of hydrogen-bond donors (Lipinski definition) is 0. The van der Waals surface area contributed by atoms with Crippen molar-refractivity contribution in [2.45, 2.75) is 51.2 Å². The van der Waals surface area contributed by atoms with Crippen LogP contribution in [0.1, 0.15) is 37.8 Å². The first kappa shape index (κ1) is 40.0. The van der Waals surface area contributed by atoms with Gasteiger partial charge in [0.1, 0.15) is 23.6 Å². The molecule has 0 radical (unpaired) electrons. The van der Waals surface area contributed by atoms with Crippen molar-refractivity contribution < 1.29 is 50.4 Å². The highest BCUT2D eigenvalue weighted by atomic mass is 35.5. The maximum atomic E-state index is 13.6. The first-order valence-corrected chi connectivity index (χ1v) is 15.8. The highest BCUT2D eigenvalue weighted by Gasteiger charge is 2.36. The fourth-order valence-corrected chi connectivity index (χ4v) is 5.46. The van der Waals surface area contributed by atoms with Crippen molar-refractivity contribution in [1.29, 1.82) is 10.5 Å². The second-order valence-electron chi connectivity index (χ2n) is 10.9. The summed E-state index contributed by atoms with van der Waals surface area (Å²) in [5.74, 6) is -2.22. The van der Waals surface area contributed by atoms with Crippen LogP contribution in [-0.2, 0) is 12.4 Å². The monoisotopic (exact) mass is 782 g/mol. The molecule has 0 aliphatic rings. The number of halogens is 8. The number of nitrogens with zero attached hydrogens (tertiary/aromatic N) is 4. The second kappa shape index (κ2) is 15.9. The van der Waals surface area contributed by atoms with Crippen LogP contribution in [0, 0.1) is 42.9 Å². The molecular formula is C34H22Cl2F6N4O7. The van der Waals surface area contributed by atoms with Crippen LogP contribution < -0.4 is 14.2 Å². The first-order chi connectivity index (χ1) is 24.9. The Morgan fingerprint density at radius 3 is 1.30 bits per heavy atom. The van der Waals surface area contributed by atoms with Crippen LogP contribution in [0.25, 0.3) is 22.3 Å². The molecule has 4 aromatic rings. The molecule has 0 heterocycles. The van der Waals surface area contributed by atoms with Gasteiger partial charge in [0, 0.05) is 33.3 Å². The summed E-state index contributed by atoms with van der Waals surface area (Å²) in [5, 5.41) is 42.5. The van der Waals surface area contributed by atoms with Gasteiger partial charge in [-0.25, -0.2) is 0 Å². The van der Waals surface area contributed by atoms with E-state index in [0.717, 1.165) is 36.4 Å². The molecule has 4 aromatic carbocycles. The first-order valence-electron chi connectivity index (χ1n) is 15.0. The average Bonchev–Trinajstić information content (AvgIpc) is 3.08. The summed E-state index contributed by atoms with van der Waals surface area (Å²) >= 11 is 12.7. The highest BCUT2D eigenvalue weighted by molar-refractivity contribution is 6.34. The van der Waals surface area contributed by atoms with E-state index in [1.807, 2.05) is 0 Å². The molecule has 0 saturated heterocycles. The van der Waals surface area contributed by atoms with Crippen molar-refractivity contribution in [2.24, 2.45) is 0 Å². The fourth-order valence-electron chi connectivity index (χ4n) is 4.91. The van der Waals surface area contributed by atoms with Crippen LogP contribution in [0.3, 0.4) is 0 Å². The van der Waals surface area contributed by atoms with Crippen molar-refractivity contribution in [3.8, 4) is 57.4 Å². The Kier molecular flexibility index (Phi) is 12.0. The number of alkyl halides is 6. The minimum absolute atomic E-state index is 0.0178. The lowest BCUT2D eigenvalue weighted by molar-refractivity contribution is -0.386. The van der Waals surface area contributed by atoms with E-state index in [-0.39, 0.29) is 24.0 Å². The summed E-state index contributed by atoms with van der Waals surface area (Å²) < 4.78 is 99.2. The van der Waals surface area contributed by atoms with Gasteiger partial charge in [-0.05, 0) is 49.2 Å². The van der Waals surface area contributed by atoms with E-state index in [0.29, 0.717) is 24.3 Å². The third kappa shape index (κ3) is 8.65. The second-order valence-corrected chi connectivity index (χ2v) is 11.7. The number of nitro groups is 2. The van der Waals surface area contributed by atoms with Crippen molar-refractivity contribution in [3.63, 3.8) is 0 Å². The van der Waals surface area contributed by atoms with Crippen LogP contribution in [-0.4, -0.2) is 22.1 Å². The third-order valence-electron chi connectivity index (χ3n) is 7.49.